The Morgan fingerprint density at radius 1 is 0.468 bits per heavy atom. The van der Waals surface area contributed by atoms with Crippen LogP contribution in [-0.2, 0) is 19.1 Å². The first-order valence-electron chi connectivity index (χ1n) is 15.8. The van der Waals surface area contributed by atoms with Gasteiger partial charge in [0.1, 0.15) is 17.2 Å². The van der Waals surface area contributed by atoms with Crippen LogP contribution >= 0.6 is 0 Å². The first kappa shape index (κ1) is 36.3. The molecule has 248 valence electrons. The van der Waals surface area contributed by atoms with E-state index in [1.165, 1.54) is 0 Å². The Kier molecular flexibility index (Phi) is 16.0. The van der Waals surface area contributed by atoms with E-state index < -0.39 is 17.9 Å². The third-order valence-electron chi connectivity index (χ3n) is 6.97. The van der Waals surface area contributed by atoms with Crippen molar-refractivity contribution in [1.82, 2.24) is 0 Å². The molecule has 47 heavy (non-hydrogen) atoms. The lowest BCUT2D eigenvalue weighted by Crippen LogP contribution is -2.09. The molecule has 0 radical (unpaired) electrons. The zero-order valence-corrected chi connectivity index (χ0v) is 26.7. The van der Waals surface area contributed by atoms with E-state index in [4.69, 9.17) is 23.7 Å². The number of benzene rings is 3. The molecule has 0 unspecified atom stereocenters. The van der Waals surface area contributed by atoms with Crippen molar-refractivity contribution in [2.45, 2.75) is 51.4 Å². The molecule has 3 aromatic carbocycles. The van der Waals surface area contributed by atoms with Crippen molar-refractivity contribution in [2.24, 2.45) is 0 Å². The zero-order valence-electron chi connectivity index (χ0n) is 26.7. The topological polar surface area (TPSA) is 114 Å². The van der Waals surface area contributed by atoms with E-state index in [1.54, 1.807) is 72.8 Å². The fourth-order valence-electron chi connectivity index (χ4n) is 4.36. The molecular weight excluding hydrogens is 600 g/mol. The molecule has 0 aromatic heterocycles. The number of carbonyl (C=O) groups excluding carboxylic acids is 4. The molecule has 0 aliphatic carbocycles. The van der Waals surface area contributed by atoms with E-state index in [1.807, 2.05) is 0 Å². The van der Waals surface area contributed by atoms with Crippen LogP contribution in [0.4, 0.5) is 0 Å². The number of esters is 3. The predicted molar refractivity (Wildman–Crippen MR) is 178 cm³/mol. The summed E-state index contributed by atoms with van der Waals surface area (Å²) in [6, 6.07) is 20.1. The maximum atomic E-state index is 13.0. The lowest BCUT2D eigenvalue weighted by atomic mass is 10.0. The second kappa shape index (κ2) is 20.8. The maximum Gasteiger partial charge on any atom is 0.343 e. The first-order chi connectivity index (χ1) is 22.9. The van der Waals surface area contributed by atoms with Crippen molar-refractivity contribution < 1.29 is 42.9 Å². The Morgan fingerprint density at radius 2 is 0.830 bits per heavy atom. The van der Waals surface area contributed by atoms with Gasteiger partial charge in [0.15, 0.2) is 5.78 Å². The smallest absolute Gasteiger partial charge is 0.343 e. The Bertz CT molecular complexity index is 1440. The number of unbranched alkanes of at least 4 members (excludes halogenated alkanes) is 6. The number of hydrogen-bond donors (Lipinski definition) is 0. The van der Waals surface area contributed by atoms with Gasteiger partial charge in [0.05, 0.1) is 32.0 Å². The first-order valence-corrected chi connectivity index (χ1v) is 15.8. The van der Waals surface area contributed by atoms with Crippen LogP contribution in [0.25, 0.3) is 0 Å². The van der Waals surface area contributed by atoms with E-state index in [0.29, 0.717) is 60.4 Å². The van der Waals surface area contributed by atoms with Gasteiger partial charge >= 0.3 is 17.9 Å². The average Bonchev–Trinajstić information content (AvgIpc) is 3.10. The molecule has 9 heteroatoms. The largest absolute Gasteiger partial charge is 0.494 e. The molecule has 0 aliphatic heterocycles. The third-order valence-corrected chi connectivity index (χ3v) is 6.97. The highest BCUT2D eigenvalue weighted by Crippen LogP contribution is 2.20. The van der Waals surface area contributed by atoms with Crippen LogP contribution in [0.15, 0.2) is 98.1 Å². The van der Waals surface area contributed by atoms with Crippen molar-refractivity contribution >= 4 is 23.7 Å². The van der Waals surface area contributed by atoms with Crippen molar-refractivity contribution in [1.29, 1.82) is 0 Å². The van der Waals surface area contributed by atoms with Crippen LogP contribution in [0.3, 0.4) is 0 Å². The van der Waals surface area contributed by atoms with Crippen molar-refractivity contribution in [3.63, 3.8) is 0 Å². The van der Waals surface area contributed by atoms with Gasteiger partial charge in [-0.15, -0.1) is 0 Å². The number of hydrogen-bond acceptors (Lipinski definition) is 9. The molecule has 0 fully saturated rings. The van der Waals surface area contributed by atoms with Gasteiger partial charge in [-0.25, -0.2) is 14.4 Å². The molecule has 0 bridgehead atoms. The van der Waals surface area contributed by atoms with Gasteiger partial charge in [-0.2, -0.15) is 0 Å². The van der Waals surface area contributed by atoms with Crippen LogP contribution < -0.4 is 14.2 Å². The highest BCUT2D eigenvalue weighted by atomic mass is 16.5. The zero-order chi connectivity index (χ0) is 33.7. The second-order valence-electron chi connectivity index (χ2n) is 10.6. The summed E-state index contributed by atoms with van der Waals surface area (Å²) >= 11 is 0. The molecule has 0 amide bonds. The van der Waals surface area contributed by atoms with Gasteiger partial charge in [0.2, 0.25) is 0 Å². The quantitative estimate of drug-likeness (QED) is 0.0362. The van der Waals surface area contributed by atoms with Crippen LogP contribution in [-0.4, -0.2) is 50.1 Å². The summed E-state index contributed by atoms with van der Waals surface area (Å²) in [6.45, 7) is 8.60. The number of carbonyl (C=O) groups is 4. The second-order valence-corrected chi connectivity index (χ2v) is 10.6. The minimum Gasteiger partial charge on any atom is -0.494 e. The Morgan fingerprint density at radius 3 is 1.23 bits per heavy atom. The van der Waals surface area contributed by atoms with E-state index in [0.717, 1.165) is 63.5 Å². The van der Waals surface area contributed by atoms with Crippen LogP contribution in [0.5, 0.6) is 17.2 Å². The molecule has 3 rings (SSSR count). The minimum atomic E-state index is -0.516. The maximum absolute atomic E-state index is 13.0. The fourth-order valence-corrected chi connectivity index (χ4v) is 4.36. The van der Waals surface area contributed by atoms with Gasteiger partial charge in [0.25, 0.3) is 0 Å². The molecule has 3 aromatic rings. The van der Waals surface area contributed by atoms with Gasteiger partial charge in [-0.1, -0.05) is 13.2 Å². The van der Waals surface area contributed by atoms with Crippen molar-refractivity contribution in [2.75, 3.05) is 26.4 Å². The molecule has 9 nitrogen and oxygen atoms in total. The van der Waals surface area contributed by atoms with E-state index >= 15 is 0 Å². The molecule has 0 saturated carbocycles. The molecule has 0 atom stereocenters. The van der Waals surface area contributed by atoms with Crippen LogP contribution in [0, 0.1) is 0 Å². The summed E-state index contributed by atoms with van der Waals surface area (Å²) in [7, 11) is 0. The van der Waals surface area contributed by atoms with E-state index in [9.17, 15) is 19.2 Å². The van der Waals surface area contributed by atoms with Gasteiger partial charge < -0.3 is 23.7 Å². The van der Waals surface area contributed by atoms with Crippen molar-refractivity contribution in [3.8, 4) is 17.2 Å². The molecule has 0 aliphatic rings. The summed E-state index contributed by atoms with van der Waals surface area (Å²) in [6.07, 6.45) is 9.40. The standard InChI is InChI=1S/C38H42O9/c1-3-35(39)45-27-11-7-5-9-25-43-32-19-13-29(14-20-32)37(41)30-15-23-34(24-16-30)47-38(42)31-17-21-33(22-18-31)44-26-10-6-8-12-28-46-36(40)4-2/h3-4,13-24H,1-2,5-12,25-28H2. The van der Waals surface area contributed by atoms with Crippen LogP contribution in [0.2, 0.25) is 0 Å². The number of rotatable bonds is 22. The van der Waals surface area contributed by atoms with Crippen LogP contribution in [0.1, 0.15) is 77.6 Å². The van der Waals surface area contributed by atoms with Gasteiger partial charge in [-0.05, 0) is 124 Å². The summed E-state index contributed by atoms with van der Waals surface area (Å²) < 4.78 is 26.9. The van der Waals surface area contributed by atoms with Crippen molar-refractivity contribution in [3.05, 3.63) is 115 Å². The lowest BCUT2D eigenvalue weighted by molar-refractivity contribution is -0.138. The Labute approximate surface area is 276 Å². The summed E-state index contributed by atoms with van der Waals surface area (Å²) in [4.78, 5) is 47.6. The Balaban J connectivity index is 1.34. The monoisotopic (exact) mass is 642 g/mol. The summed E-state index contributed by atoms with van der Waals surface area (Å²) in [5.74, 6) is 0.185. The molecule has 0 heterocycles. The SMILES string of the molecule is C=CC(=O)OCCCCCCOc1ccc(C(=O)Oc2ccc(C(=O)c3ccc(OCCCCCCOC(=O)C=C)cc3)cc2)cc1. The fraction of sp³-hybridized carbons (Fsp3) is 0.316. The van der Waals surface area contributed by atoms with E-state index in [-0.39, 0.29) is 5.78 Å². The molecule has 0 spiro atoms. The molecule has 0 saturated heterocycles. The Hall–Kier alpha value is -5.18. The normalized spacial score (nSPS) is 10.4. The molecule has 0 N–H and O–H groups in total. The van der Waals surface area contributed by atoms with E-state index in [2.05, 4.69) is 13.2 Å². The minimum absolute atomic E-state index is 0.156. The van der Waals surface area contributed by atoms with Gasteiger partial charge in [0, 0.05) is 23.3 Å². The summed E-state index contributed by atoms with van der Waals surface area (Å²) in [5, 5.41) is 0. The number of ether oxygens (including phenoxy) is 5. The summed E-state index contributed by atoms with van der Waals surface area (Å²) in [5.41, 5.74) is 1.36. The third kappa shape index (κ3) is 13.8. The highest BCUT2D eigenvalue weighted by molar-refractivity contribution is 6.09. The average molecular weight is 643 g/mol. The highest BCUT2D eigenvalue weighted by Gasteiger charge is 2.12. The number of ketones is 1. The lowest BCUT2D eigenvalue weighted by Gasteiger charge is -2.09. The predicted octanol–water partition coefficient (Wildman–Crippen LogP) is 7.47. The van der Waals surface area contributed by atoms with Gasteiger partial charge in [-0.3, -0.25) is 4.79 Å². The molecular formula is C38H42O9.